The molecule has 16 heavy (non-hydrogen) atoms. The number of hydrogen-bond donors (Lipinski definition) is 1. The first-order valence-electron chi connectivity index (χ1n) is 6.20. The second-order valence-electron chi connectivity index (χ2n) is 5.32. The molecule has 1 saturated carbocycles. The van der Waals surface area contributed by atoms with Gasteiger partial charge in [-0.2, -0.15) is 0 Å². The molecule has 0 aromatic heterocycles. The van der Waals surface area contributed by atoms with Crippen molar-refractivity contribution in [3.63, 3.8) is 0 Å². The summed E-state index contributed by atoms with van der Waals surface area (Å²) in [6, 6.07) is 5.39. The zero-order chi connectivity index (χ0) is 11.2. The third-order valence-corrected chi connectivity index (χ3v) is 4.42. The van der Waals surface area contributed by atoms with Gasteiger partial charge in [0.05, 0.1) is 0 Å². The predicted octanol–water partition coefficient (Wildman–Crippen LogP) is 2.95. The summed E-state index contributed by atoms with van der Waals surface area (Å²) in [5.74, 6) is 0.510. The van der Waals surface area contributed by atoms with Crippen LogP contribution in [0.4, 0.5) is 4.39 Å². The van der Waals surface area contributed by atoms with Crippen molar-refractivity contribution in [1.82, 2.24) is 5.32 Å². The molecule has 0 radical (unpaired) electrons. The van der Waals surface area contributed by atoms with Gasteiger partial charge in [0, 0.05) is 6.54 Å². The number of nitrogens with one attached hydrogen (secondary N) is 1. The number of benzene rings is 1. The second kappa shape index (κ2) is 3.56. The largest absolute Gasteiger partial charge is 0.319 e. The Morgan fingerprint density at radius 2 is 2.25 bits per heavy atom. The number of rotatable bonds is 2. The fourth-order valence-electron chi connectivity index (χ4n) is 3.54. The summed E-state index contributed by atoms with van der Waals surface area (Å²) in [7, 11) is 2.00. The predicted molar refractivity (Wildman–Crippen MR) is 63.2 cm³/mol. The lowest BCUT2D eigenvalue weighted by molar-refractivity contribution is 0.231. The van der Waals surface area contributed by atoms with Gasteiger partial charge in [-0.3, -0.25) is 0 Å². The molecule has 0 heterocycles. The molecule has 86 valence electrons. The second-order valence-corrected chi connectivity index (χ2v) is 5.32. The van der Waals surface area contributed by atoms with Crippen LogP contribution in [0.2, 0.25) is 0 Å². The highest BCUT2D eigenvalue weighted by Gasteiger charge is 2.47. The summed E-state index contributed by atoms with van der Waals surface area (Å²) < 4.78 is 13.4. The van der Waals surface area contributed by atoms with Crippen LogP contribution in [0.5, 0.6) is 0 Å². The van der Waals surface area contributed by atoms with Gasteiger partial charge in [-0.05, 0) is 60.9 Å². The van der Waals surface area contributed by atoms with Crippen LogP contribution < -0.4 is 5.32 Å². The van der Waals surface area contributed by atoms with Crippen LogP contribution >= 0.6 is 0 Å². The molecule has 1 unspecified atom stereocenters. The number of fused-ring (bicyclic) bond motifs is 2. The van der Waals surface area contributed by atoms with Crippen LogP contribution in [0.1, 0.15) is 42.7 Å². The van der Waals surface area contributed by atoms with Crippen molar-refractivity contribution in [2.45, 2.75) is 37.0 Å². The Morgan fingerprint density at radius 1 is 1.44 bits per heavy atom. The van der Waals surface area contributed by atoms with Crippen molar-refractivity contribution in [3.8, 4) is 0 Å². The van der Waals surface area contributed by atoms with Crippen molar-refractivity contribution in [2.24, 2.45) is 0 Å². The van der Waals surface area contributed by atoms with Crippen molar-refractivity contribution >= 4 is 0 Å². The summed E-state index contributed by atoms with van der Waals surface area (Å²) >= 11 is 0. The van der Waals surface area contributed by atoms with Crippen LogP contribution in [0.25, 0.3) is 0 Å². The molecule has 0 saturated heterocycles. The van der Waals surface area contributed by atoms with Crippen LogP contribution in [-0.2, 0) is 5.41 Å². The molecule has 2 heteroatoms. The zero-order valence-electron chi connectivity index (χ0n) is 9.72. The SMILES string of the molecule is CNCC1CC2(CCC2)c2cc(F)ccc21. The molecule has 1 N–H and O–H groups in total. The third kappa shape index (κ3) is 1.32. The Morgan fingerprint density at radius 3 is 2.88 bits per heavy atom. The fourth-order valence-corrected chi connectivity index (χ4v) is 3.54. The first kappa shape index (κ1) is 10.3. The van der Waals surface area contributed by atoms with E-state index in [0.717, 1.165) is 6.54 Å². The maximum Gasteiger partial charge on any atom is 0.123 e. The van der Waals surface area contributed by atoms with Crippen molar-refractivity contribution in [3.05, 3.63) is 35.1 Å². The number of likely N-dealkylation sites (N-methyl/N-ethyl adjacent to an activating group) is 1. The van der Waals surface area contributed by atoms with Gasteiger partial charge in [0.25, 0.3) is 0 Å². The Kier molecular flexibility index (Phi) is 2.28. The molecule has 0 amide bonds. The molecule has 0 aliphatic heterocycles. The minimum absolute atomic E-state index is 0.0740. The topological polar surface area (TPSA) is 12.0 Å². The summed E-state index contributed by atoms with van der Waals surface area (Å²) in [5, 5.41) is 3.26. The van der Waals surface area contributed by atoms with Gasteiger partial charge in [-0.1, -0.05) is 12.5 Å². The molecule has 1 nitrogen and oxygen atoms in total. The van der Waals surface area contributed by atoms with Crippen LogP contribution in [-0.4, -0.2) is 13.6 Å². The molecule has 2 aliphatic carbocycles. The molecular formula is C14H18FN. The molecule has 1 aromatic carbocycles. The number of halogens is 1. The van der Waals surface area contributed by atoms with Crippen molar-refractivity contribution < 1.29 is 4.39 Å². The lowest BCUT2D eigenvalue weighted by Gasteiger charge is -2.39. The molecule has 0 bridgehead atoms. The highest BCUT2D eigenvalue weighted by molar-refractivity contribution is 5.44. The Balaban J connectivity index is 2.03. The highest BCUT2D eigenvalue weighted by atomic mass is 19.1. The molecule has 2 aliphatic rings. The molecule has 1 aromatic rings. The first-order valence-corrected chi connectivity index (χ1v) is 6.20. The first-order chi connectivity index (χ1) is 7.75. The van der Waals surface area contributed by atoms with Gasteiger partial charge in [0.2, 0.25) is 0 Å². The molecule has 3 rings (SSSR count). The van der Waals surface area contributed by atoms with E-state index in [-0.39, 0.29) is 5.82 Å². The van der Waals surface area contributed by atoms with E-state index in [4.69, 9.17) is 0 Å². The van der Waals surface area contributed by atoms with E-state index in [9.17, 15) is 4.39 Å². The summed E-state index contributed by atoms with van der Waals surface area (Å²) in [5.41, 5.74) is 3.02. The Bertz CT molecular complexity index is 409. The Labute approximate surface area is 96.1 Å². The van der Waals surface area contributed by atoms with E-state index in [1.165, 1.54) is 36.8 Å². The normalized spacial score (nSPS) is 25.5. The summed E-state index contributed by atoms with van der Waals surface area (Å²) in [6.07, 6.45) is 5.03. The van der Waals surface area contributed by atoms with Crippen LogP contribution in [0.3, 0.4) is 0 Å². The standard InChI is InChI=1S/C14H18FN/c1-16-9-10-8-14(5-2-6-14)13-7-11(15)3-4-12(10)13/h3-4,7,10,16H,2,5-6,8-9H2,1H3. The minimum atomic E-state index is -0.0740. The van der Waals surface area contributed by atoms with E-state index in [1.807, 2.05) is 13.1 Å². The van der Waals surface area contributed by atoms with Crippen LogP contribution in [0, 0.1) is 5.82 Å². The quantitative estimate of drug-likeness (QED) is 0.806. The van der Waals surface area contributed by atoms with Crippen molar-refractivity contribution in [2.75, 3.05) is 13.6 Å². The maximum absolute atomic E-state index is 13.4. The third-order valence-electron chi connectivity index (χ3n) is 4.42. The lowest BCUT2D eigenvalue weighted by Crippen LogP contribution is -2.32. The van der Waals surface area contributed by atoms with E-state index >= 15 is 0 Å². The molecule has 1 atom stereocenters. The number of hydrogen-bond acceptors (Lipinski definition) is 1. The molecule has 1 fully saturated rings. The van der Waals surface area contributed by atoms with Gasteiger partial charge in [-0.15, -0.1) is 0 Å². The van der Waals surface area contributed by atoms with Gasteiger partial charge >= 0.3 is 0 Å². The summed E-state index contributed by atoms with van der Waals surface area (Å²) in [6.45, 7) is 1.01. The van der Waals surface area contributed by atoms with E-state index in [1.54, 1.807) is 12.1 Å². The minimum Gasteiger partial charge on any atom is -0.319 e. The maximum atomic E-state index is 13.4. The highest BCUT2D eigenvalue weighted by Crippen LogP contribution is 2.56. The van der Waals surface area contributed by atoms with E-state index in [0.29, 0.717) is 11.3 Å². The lowest BCUT2D eigenvalue weighted by atomic mass is 9.65. The molecule has 1 spiro atoms. The molecular weight excluding hydrogens is 201 g/mol. The van der Waals surface area contributed by atoms with Gasteiger partial charge in [0.1, 0.15) is 5.82 Å². The summed E-state index contributed by atoms with van der Waals surface area (Å²) in [4.78, 5) is 0. The van der Waals surface area contributed by atoms with E-state index in [2.05, 4.69) is 5.32 Å². The van der Waals surface area contributed by atoms with Gasteiger partial charge < -0.3 is 5.32 Å². The average Bonchev–Trinajstić information content (AvgIpc) is 2.53. The fraction of sp³-hybridized carbons (Fsp3) is 0.571. The van der Waals surface area contributed by atoms with Gasteiger partial charge in [-0.25, -0.2) is 4.39 Å². The van der Waals surface area contributed by atoms with Crippen LogP contribution in [0.15, 0.2) is 18.2 Å². The smallest absolute Gasteiger partial charge is 0.123 e. The van der Waals surface area contributed by atoms with Crippen molar-refractivity contribution in [1.29, 1.82) is 0 Å². The average molecular weight is 219 g/mol. The van der Waals surface area contributed by atoms with E-state index < -0.39 is 0 Å². The zero-order valence-corrected chi connectivity index (χ0v) is 9.72. The van der Waals surface area contributed by atoms with Gasteiger partial charge in [0.15, 0.2) is 0 Å². The monoisotopic (exact) mass is 219 g/mol. The Hall–Kier alpha value is -0.890.